The summed E-state index contributed by atoms with van der Waals surface area (Å²) in [6, 6.07) is 9.01. The third kappa shape index (κ3) is 2.58. The Balaban J connectivity index is 1.83. The van der Waals surface area contributed by atoms with E-state index >= 15 is 0 Å². The van der Waals surface area contributed by atoms with Crippen LogP contribution >= 0.6 is 11.3 Å². The number of rotatable bonds is 3. The average molecular weight is 316 g/mol. The SMILES string of the molecule is COC(=O)c1sc(NC(=O)c2cc3ccccc3o2)nc1C. The summed E-state index contributed by atoms with van der Waals surface area (Å²) in [6.45, 7) is 1.68. The van der Waals surface area contributed by atoms with E-state index in [4.69, 9.17) is 4.42 Å². The molecule has 0 unspecified atom stereocenters. The number of benzene rings is 1. The minimum absolute atomic E-state index is 0.189. The first-order valence-corrected chi connectivity index (χ1v) is 7.26. The molecule has 0 fully saturated rings. The first kappa shape index (κ1) is 14.3. The second-order valence-electron chi connectivity index (χ2n) is 4.53. The van der Waals surface area contributed by atoms with Crippen molar-refractivity contribution in [3.63, 3.8) is 0 Å². The number of para-hydroxylation sites is 1. The average Bonchev–Trinajstić information content (AvgIpc) is 3.09. The number of aromatic nitrogens is 1. The Hall–Kier alpha value is -2.67. The zero-order valence-electron chi connectivity index (χ0n) is 11.9. The molecule has 3 aromatic rings. The second-order valence-corrected chi connectivity index (χ2v) is 5.53. The van der Waals surface area contributed by atoms with Crippen LogP contribution in [-0.4, -0.2) is 24.0 Å². The van der Waals surface area contributed by atoms with E-state index in [2.05, 4.69) is 15.0 Å². The van der Waals surface area contributed by atoms with E-state index in [-0.39, 0.29) is 5.76 Å². The number of aryl methyl sites for hydroxylation is 1. The Morgan fingerprint density at radius 3 is 2.82 bits per heavy atom. The van der Waals surface area contributed by atoms with Crippen molar-refractivity contribution in [2.24, 2.45) is 0 Å². The highest BCUT2D eigenvalue weighted by Crippen LogP contribution is 2.25. The highest BCUT2D eigenvalue weighted by Gasteiger charge is 2.19. The number of amides is 1. The number of anilines is 1. The van der Waals surface area contributed by atoms with Gasteiger partial charge in [-0.3, -0.25) is 10.1 Å². The highest BCUT2D eigenvalue weighted by molar-refractivity contribution is 7.17. The molecule has 0 aliphatic rings. The number of nitrogens with one attached hydrogen (secondary N) is 1. The van der Waals surface area contributed by atoms with E-state index in [0.29, 0.717) is 21.3 Å². The number of ether oxygens (including phenoxy) is 1. The van der Waals surface area contributed by atoms with Crippen LogP contribution in [0.15, 0.2) is 34.7 Å². The standard InChI is InChI=1S/C15H12N2O4S/c1-8-12(14(19)20-2)22-15(16-8)17-13(18)11-7-9-5-3-4-6-10(9)21-11/h3-7H,1-2H3,(H,16,17,18). The molecule has 0 saturated carbocycles. The monoisotopic (exact) mass is 316 g/mol. The Kier molecular flexibility index (Phi) is 3.64. The molecule has 0 atom stereocenters. The molecule has 6 nitrogen and oxygen atoms in total. The van der Waals surface area contributed by atoms with Crippen molar-refractivity contribution in [3.05, 3.63) is 46.7 Å². The van der Waals surface area contributed by atoms with Gasteiger partial charge in [0, 0.05) is 5.39 Å². The maximum atomic E-state index is 12.2. The van der Waals surface area contributed by atoms with Gasteiger partial charge in [-0.05, 0) is 19.1 Å². The maximum absolute atomic E-state index is 12.2. The molecule has 1 N–H and O–H groups in total. The number of carbonyl (C=O) groups is 2. The van der Waals surface area contributed by atoms with Gasteiger partial charge in [0.1, 0.15) is 10.5 Å². The molecule has 0 bridgehead atoms. The number of esters is 1. The Bertz CT molecular complexity index is 832. The molecule has 1 amide bonds. The van der Waals surface area contributed by atoms with Gasteiger partial charge in [0.05, 0.1) is 12.8 Å². The summed E-state index contributed by atoms with van der Waals surface area (Å²) in [5.41, 5.74) is 1.15. The van der Waals surface area contributed by atoms with Crippen molar-refractivity contribution >= 4 is 39.3 Å². The van der Waals surface area contributed by atoms with E-state index in [0.717, 1.165) is 16.7 Å². The second kappa shape index (κ2) is 5.61. The van der Waals surface area contributed by atoms with E-state index in [9.17, 15) is 9.59 Å². The van der Waals surface area contributed by atoms with Crippen LogP contribution in [0.4, 0.5) is 5.13 Å². The number of hydrogen-bond acceptors (Lipinski definition) is 6. The summed E-state index contributed by atoms with van der Waals surface area (Å²) in [5.74, 6) is -0.700. The minimum atomic E-state index is -0.473. The fourth-order valence-electron chi connectivity index (χ4n) is 1.98. The van der Waals surface area contributed by atoms with Crippen LogP contribution in [0, 0.1) is 6.92 Å². The van der Waals surface area contributed by atoms with E-state index in [1.165, 1.54) is 7.11 Å². The van der Waals surface area contributed by atoms with E-state index in [1.54, 1.807) is 19.1 Å². The fraction of sp³-hybridized carbons (Fsp3) is 0.133. The molecule has 0 spiro atoms. The van der Waals surface area contributed by atoms with E-state index < -0.39 is 11.9 Å². The summed E-state index contributed by atoms with van der Waals surface area (Å²) in [4.78, 5) is 28.2. The minimum Gasteiger partial charge on any atom is -0.465 e. The predicted molar refractivity (Wildman–Crippen MR) is 82.4 cm³/mol. The van der Waals surface area contributed by atoms with Crippen LogP contribution in [-0.2, 0) is 4.74 Å². The molecule has 0 aliphatic heterocycles. The Morgan fingerprint density at radius 1 is 1.32 bits per heavy atom. The molecule has 2 heterocycles. The first-order chi connectivity index (χ1) is 10.6. The molecular weight excluding hydrogens is 304 g/mol. The highest BCUT2D eigenvalue weighted by atomic mass is 32.1. The quantitative estimate of drug-likeness (QED) is 0.750. The molecule has 0 saturated heterocycles. The number of methoxy groups -OCH3 is 1. The van der Waals surface area contributed by atoms with Crippen LogP contribution in [0.2, 0.25) is 0 Å². The molecule has 2 aromatic heterocycles. The lowest BCUT2D eigenvalue weighted by Crippen LogP contribution is -2.10. The molecule has 0 radical (unpaired) electrons. The maximum Gasteiger partial charge on any atom is 0.350 e. The van der Waals surface area contributed by atoms with Crippen LogP contribution in [0.5, 0.6) is 0 Å². The number of fused-ring (bicyclic) bond motifs is 1. The van der Waals surface area contributed by atoms with Gasteiger partial charge >= 0.3 is 5.97 Å². The molecule has 1 aromatic carbocycles. The summed E-state index contributed by atoms with van der Waals surface area (Å²) in [6.07, 6.45) is 0. The van der Waals surface area contributed by atoms with Crippen molar-refractivity contribution in [1.82, 2.24) is 4.98 Å². The number of thiazole rings is 1. The van der Waals surface area contributed by atoms with Crippen LogP contribution in [0.3, 0.4) is 0 Å². The van der Waals surface area contributed by atoms with Gasteiger partial charge in [-0.25, -0.2) is 9.78 Å². The van der Waals surface area contributed by atoms with Gasteiger partial charge in [-0.1, -0.05) is 29.5 Å². The van der Waals surface area contributed by atoms with Gasteiger partial charge in [-0.2, -0.15) is 0 Å². The van der Waals surface area contributed by atoms with Gasteiger partial charge in [0.2, 0.25) is 0 Å². The number of furan rings is 1. The van der Waals surface area contributed by atoms with Crippen molar-refractivity contribution in [1.29, 1.82) is 0 Å². The number of nitrogens with zero attached hydrogens (tertiary/aromatic N) is 1. The molecular formula is C15H12N2O4S. The molecule has 3 rings (SSSR count). The lowest BCUT2D eigenvalue weighted by molar-refractivity contribution is 0.0605. The normalized spacial score (nSPS) is 10.6. The van der Waals surface area contributed by atoms with Gasteiger partial charge < -0.3 is 9.15 Å². The number of hydrogen-bond donors (Lipinski definition) is 1. The first-order valence-electron chi connectivity index (χ1n) is 6.44. The van der Waals surface area contributed by atoms with Crippen molar-refractivity contribution < 1.29 is 18.7 Å². The predicted octanol–water partition coefficient (Wildman–Crippen LogP) is 3.24. The summed E-state index contributed by atoms with van der Waals surface area (Å²) < 4.78 is 10.1. The molecule has 22 heavy (non-hydrogen) atoms. The fourth-order valence-corrected chi connectivity index (χ4v) is 2.86. The summed E-state index contributed by atoms with van der Waals surface area (Å²) in [5, 5.41) is 3.79. The third-order valence-corrected chi connectivity index (χ3v) is 4.09. The molecule has 7 heteroatoms. The van der Waals surface area contributed by atoms with Crippen molar-refractivity contribution in [3.8, 4) is 0 Å². The third-order valence-electron chi connectivity index (χ3n) is 3.04. The Labute approximate surface area is 129 Å². The van der Waals surface area contributed by atoms with E-state index in [1.807, 2.05) is 18.2 Å². The zero-order valence-corrected chi connectivity index (χ0v) is 12.7. The van der Waals surface area contributed by atoms with Crippen LogP contribution < -0.4 is 5.32 Å². The lowest BCUT2D eigenvalue weighted by Gasteiger charge is -1.96. The largest absolute Gasteiger partial charge is 0.465 e. The summed E-state index contributed by atoms with van der Waals surface area (Å²) >= 11 is 1.06. The van der Waals surface area contributed by atoms with Crippen LogP contribution in [0.1, 0.15) is 25.9 Å². The topological polar surface area (TPSA) is 81.4 Å². The number of carbonyl (C=O) groups excluding carboxylic acids is 2. The van der Waals surface area contributed by atoms with Crippen molar-refractivity contribution in [2.45, 2.75) is 6.92 Å². The molecule has 112 valence electrons. The van der Waals surface area contributed by atoms with Gasteiger partial charge in [0.15, 0.2) is 10.9 Å². The lowest BCUT2D eigenvalue weighted by atomic mass is 10.2. The Morgan fingerprint density at radius 2 is 2.09 bits per heavy atom. The van der Waals surface area contributed by atoms with Gasteiger partial charge in [-0.15, -0.1) is 0 Å². The van der Waals surface area contributed by atoms with Crippen LogP contribution in [0.25, 0.3) is 11.0 Å². The smallest absolute Gasteiger partial charge is 0.350 e. The van der Waals surface area contributed by atoms with Gasteiger partial charge in [0.25, 0.3) is 5.91 Å². The van der Waals surface area contributed by atoms with Crippen molar-refractivity contribution in [2.75, 3.05) is 12.4 Å². The summed E-state index contributed by atoms with van der Waals surface area (Å²) in [7, 11) is 1.30. The zero-order chi connectivity index (χ0) is 15.7. The molecule has 0 aliphatic carbocycles.